The molecule has 0 bridgehead atoms. The van der Waals surface area contributed by atoms with Crippen LogP contribution in [0.5, 0.6) is 11.5 Å². The molecular weight excluding hydrogens is 460 g/mol. The van der Waals surface area contributed by atoms with Crippen LogP contribution >= 0.6 is 0 Å². The van der Waals surface area contributed by atoms with E-state index in [2.05, 4.69) is 23.7 Å². The molecule has 0 heterocycles. The van der Waals surface area contributed by atoms with Crippen LogP contribution in [0, 0.1) is 23.7 Å². The Morgan fingerprint density at radius 3 is 1.30 bits per heavy atom. The Kier molecular flexibility index (Phi) is 7.84. The van der Waals surface area contributed by atoms with Crippen molar-refractivity contribution in [3.63, 3.8) is 0 Å². The summed E-state index contributed by atoms with van der Waals surface area (Å²) in [5, 5.41) is 0. The van der Waals surface area contributed by atoms with E-state index in [1.807, 2.05) is 98.8 Å². The summed E-state index contributed by atoms with van der Waals surface area (Å²) in [6.07, 6.45) is 0. The molecule has 0 aromatic heterocycles. The summed E-state index contributed by atoms with van der Waals surface area (Å²) in [6.45, 7) is 3.94. The lowest BCUT2D eigenvalue weighted by atomic mass is 9.77. The van der Waals surface area contributed by atoms with Gasteiger partial charge in [-0.05, 0) is 36.4 Å². The van der Waals surface area contributed by atoms with Gasteiger partial charge >= 0.3 is 11.9 Å². The molecule has 37 heavy (non-hydrogen) atoms. The van der Waals surface area contributed by atoms with Crippen molar-refractivity contribution >= 4 is 11.9 Å². The number of hydrogen-bond donors (Lipinski definition) is 0. The molecule has 0 spiro atoms. The Labute approximate surface area is 216 Å². The monoisotopic (exact) mass is 484 g/mol. The van der Waals surface area contributed by atoms with Gasteiger partial charge in [-0.1, -0.05) is 98.5 Å². The minimum atomic E-state index is -0.687. The van der Waals surface area contributed by atoms with Gasteiger partial charge in [-0.15, -0.1) is 0 Å². The van der Waals surface area contributed by atoms with Gasteiger partial charge in [0.2, 0.25) is 0 Å². The zero-order valence-corrected chi connectivity index (χ0v) is 20.5. The van der Waals surface area contributed by atoms with Crippen LogP contribution in [0.2, 0.25) is 0 Å². The number of para-hydroxylation sites is 2. The quantitative estimate of drug-likeness (QED) is 0.205. The topological polar surface area (TPSA) is 52.6 Å². The Bertz CT molecular complexity index is 1410. The average Bonchev–Trinajstić information content (AvgIpc) is 2.92. The first-order valence-corrected chi connectivity index (χ1v) is 11.7. The molecule has 180 valence electrons. The summed E-state index contributed by atoms with van der Waals surface area (Å²) < 4.78 is 11.3. The maximum atomic E-state index is 12.5. The van der Waals surface area contributed by atoms with Crippen LogP contribution in [0.25, 0.3) is 0 Å². The van der Waals surface area contributed by atoms with Crippen LogP contribution in [-0.2, 0) is 15.0 Å². The van der Waals surface area contributed by atoms with Gasteiger partial charge in [0.1, 0.15) is 11.5 Å². The Morgan fingerprint density at radius 1 is 0.541 bits per heavy atom. The van der Waals surface area contributed by atoms with Crippen molar-refractivity contribution in [2.45, 2.75) is 19.3 Å². The van der Waals surface area contributed by atoms with Gasteiger partial charge in [0.25, 0.3) is 0 Å². The zero-order chi connectivity index (χ0) is 26.1. The van der Waals surface area contributed by atoms with Gasteiger partial charge < -0.3 is 9.47 Å². The normalized spacial score (nSPS) is 10.2. The number of carbonyl (C=O) groups excluding carboxylic acids is 2. The molecule has 4 rings (SSSR count). The van der Waals surface area contributed by atoms with E-state index in [4.69, 9.17) is 9.47 Å². The first kappa shape index (κ1) is 25.0. The zero-order valence-electron chi connectivity index (χ0n) is 20.5. The first-order chi connectivity index (χ1) is 17.9. The van der Waals surface area contributed by atoms with Crippen molar-refractivity contribution in [1.82, 2.24) is 0 Å². The third kappa shape index (κ3) is 6.54. The third-order valence-electron chi connectivity index (χ3n) is 5.69. The fourth-order valence-electron chi connectivity index (χ4n) is 3.83. The summed E-state index contributed by atoms with van der Waals surface area (Å²) in [4.78, 5) is 25.0. The van der Waals surface area contributed by atoms with Gasteiger partial charge in [0.15, 0.2) is 0 Å². The van der Waals surface area contributed by atoms with E-state index in [1.54, 1.807) is 24.3 Å². The summed E-state index contributed by atoms with van der Waals surface area (Å²) in [5.74, 6) is 10.1. The Morgan fingerprint density at radius 2 is 0.892 bits per heavy atom. The van der Waals surface area contributed by atoms with E-state index in [1.165, 1.54) is 0 Å². The van der Waals surface area contributed by atoms with E-state index in [0.29, 0.717) is 11.5 Å². The van der Waals surface area contributed by atoms with Crippen molar-refractivity contribution < 1.29 is 19.1 Å². The lowest BCUT2D eigenvalue weighted by Gasteiger charge is -2.29. The summed E-state index contributed by atoms with van der Waals surface area (Å²) >= 11 is 0. The first-order valence-electron chi connectivity index (χ1n) is 11.7. The van der Waals surface area contributed by atoms with Crippen LogP contribution in [0.3, 0.4) is 0 Å². The van der Waals surface area contributed by atoms with Crippen molar-refractivity contribution in [2.75, 3.05) is 0 Å². The van der Waals surface area contributed by atoms with Gasteiger partial charge in [0.05, 0.1) is 0 Å². The predicted octanol–water partition coefficient (Wildman–Crippen LogP) is 5.93. The molecule has 0 saturated carbocycles. The molecule has 0 amide bonds. The maximum absolute atomic E-state index is 12.5. The highest BCUT2D eigenvalue weighted by Crippen LogP contribution is 2.41. The third-order valence-corrected chi connectivity index (χ3v) is 5.69. The molecule has 4 aromatic rings. The molecule has 0 atom stereocenters. The molecule has 4 aromatic carbocycles. The summed E-state index contributed by atoms with van der Waals surface area (Å²) in [5.41, 5.74) is 2.24. The fraction of sp³-hybridized carbons (Fsp3) is 0.0909. The minimum absolute atomic E-state index is 0.380. The summed E-state index contributed by atoms with van der Waals surface area (Å²) in [7, 11) is 0. The Balaban J connectivity index is 1.58. The largest absolute Gasteiger partial charge is 0.417 e. The molecule has 0 aliphatic carbocycles. The number of rotatable bonds is 4. The number of ether oxygens (including phenoxy) is 2. The van der Waals surface area contributed by atoms with E-state index in [9.17, 15) is 9.59 Å². The molecule has 0 N–H and O–H groups in total. The van der Waals surface area contributed by atoms with Crippen molar-refractivity contribution in [3.8, 4) is 35.2 Å². The summed E-state index contributed by atoms with van der Waals surface area (Å²) in [6, 6.07) is 33.0. The molecule has 4 nitrogen and oxygen atoms in total. The van der Waals surface area contributed by atoms with Gasteiger partial charge in [-0.2, -0.15) is 0 Å². The molecule has 0 radical (unpaired) electrons. The highest BCUT2D eigenvalue weighted by atomic mass is 16.5. The van der Waals surface area contributed by atoms with Gasteiger partial charge in [0, 0.05) is 39.5 Å². The number of esters is 2. The van der Waals surface area contributed by atoms with E-state index >= 15 is 0 Å². The van der Waals surface area contributed by atoms with E-state index in [0.717, 1.165) is 22.3 Å². The lowest BCUT2D eigenvalue weighted by molar-refractivity contribution is -0.128. The second-order valence-electron chi connectivity index (χ2n) is 8.63. The van der Waals surface area contributed by atoms with Crippen LogP contribution in [-0.4, -0.2) is 11.9 Å². The molecule has 4 heteroatoms. The van der Waals surface area contributed by atoms with Crippen LogP contribution in [0.4, 0.5) is 0 Å². The molecular formula is C33H24O4. The van der Waals surface area contributed by atoms with Crippen molar-refractivity contribution in [3.05, 3.63) is 131 Å². The molecule has 0 aliphatic rings. The van der Waals surface area contributed by atoms with Crippen molar-refractivity contribution in [1.29, 1.82) is 0 Å². The van der Waals surface area contributed by atoms with E-state index in [-0.39, 0.29) is 0 Å². The second kappa shape index (κ2) is 11.6. The van der Waals surface area contributed by atoms with Crippen LogP contribution in [0.1, 0.15) is 36.1 Å². The average molecular weight is 485 g/mol. The number of carbonyl (C=O) groups is 2. The molecule has 0 fully saturated rings. The smallest absolute Gasteiger partial charge is 0.390 e. The van der Waals surface area contributed by atoms with Gasteiger partial charge in [-0.25, -0.2) is 9.59 Å². The maximum Gasteiger partial charge on any atom is 0.390 e. The van der Waals surface area contributed by atoms with Gasteiger partial charge in [-0.3, -0.25) is 0 Å². The fourth-order valence-corrected chi connectivity index (χ4v) is 3.83. The number of benzene rings is 4. The van der Waals surface area contributed by atoms with Crippen LogP contribution < -0.4 is 9.47 Å². The Hall–Kier alpha value is -5.06. The predicted molar refractivity (Wildman–Crippen MR) is 143 cm³/mol. The minimum Gasteiger partial charge on any atom is -0.417 e. The highest BCUT2D eigenvalue weighted by molar-refractivity contribution is 5.91. The van der Waals surface area contributed by atoms with Crippen LogP contribution in [0.15, 0.2) is 109 Å². The molecule has 0 aliphatic heterocycles. The lowest BCUT2D eigenvalue weighted by Crippen LogP contribution is -2.23. The molecule has 0 saturated heterocycles. The SMILES string of the molecule is CC(C)(c1ccccc1OC(=O)C#Cc1ccccc1)c1ccccc1OC(=O)C#Cc1ccccc1. The second-order valence-corrected chi connectivity index (χ2v) is 8.63. The molecule has 0 unspecified atom stereocenters. The highest BCUT2D eigenvalue weighted by Gasteiger charge is 2.30. The number of hydrogen-bond acceptors (Lipinski definition) is 4. The van der Waals surface area contributed by atoms with Crippen molar-refractivity contribution in [2.24, 2.45) is 0 Å². The van der Waals surface area contributed by atoms with E-state index < -0.39 is 17.4 Å². The standard InChI is InChI=1S/C33H24O4/c1-33(2,27-17-9-11-19-29(27)36-31(34)23-21-25-13-5-3-6-14-25)28-18-10-12-20-30(28)37-32(35)24-22-26-15-7-4-8-16-26/h3-20H,1-2H3.